The predicted octanol–water partition coefficient (Wildman–Crippen LogP) is 1.65. The first-order valence-electron chi connectivity index (χ1n) is 7.87. The van der Waals surface area contributed by atoms with Gasteiger partial charge in [0.05, 0.1) is 23.7 Å². The molecule has 2 aromatic rings. The third-order valence-corrected chi connectivity index (χ3v) is 5.80. The number of aliphatic hydroxyl groups excluding tert-OH is 2. The summed E-state index contributed by atoms with van der Waals surface area (Å²) in [5.74, 6) is -0.981. The van der Waals surface area contributed by atoms with Crippen LogP contribution in [0.3, 0.4) is 0 Å². The Kier molecular flexibility index (Phi) is 5.72. The second-order valence-corrected chi connectivity index (χ2v) is 8.49. The summed E-state index contributed by atoms with van der Waals surface area (Å²) in [7, 11) is -3.72. The van der Waals surface area contributed by atoms with Crippen LogP contribution in [0.2, 0.25) is 0 Å². The minimum absolute atomic E-state index is 0.451. The van der Waals surface area contributed by atoms with E-state index >= 15 is 0 Å². The highest BCUT2D eigenvalue weighted by molar-refractivity contribution is 7.91. The number of anilines is 2. The van der Waals surface area contributed by atoms with Crippen LogP contribution < -0.4 is 11.5 Å². The summed E-state index contributed by atoms with van der Waals surface area (Å²) in [4.78, 5) is 0. The molecule has 0 radical (unpaired) electrons. The first-order valence-corrected chi connectivity index (χ1v) is 9.70. The normalized spacial score (nSPS) is 14.2. The Morgan fingerprint density at radius 2 is 1.20 bits per heavy atom. The van der Waals surface area contributed by atoms with Gasteiger partial charge in [-0.3, -0.25) is 0 Å². The summed E-state index contributed by atoms with van der Waals surface area (Å²) < 4.78 is 24.8. The molecular formula is C18H24N2O4S. The van der Waals surface area contributed by atoms with Crippen LogP contribution >= 0.6 is 0 Å². The Morgan fingerprint density at radius 1 is 0.840 bits per heavy atom. The number of nitrogens with two attached hydrogens (primary N) is 2. The third kappa shape index (κ3) is 4.94. The van der Waals surface area contributed by atoms with Crippen LogP contribution in [0.15, 0.2) is 36.4 Å². The Morgan fingerprint density at radius 3 is 1.56 bits per heavy atom. The van der Waals surface area contributed by atoms with Crippen molar-refractivity contribution in [3.63, 3.8) is 0 Å². The maximum Gasteiger partial charge on any atom is 0.156 e. The zero-order valence-corrected chi connectivity index (χ0v) is 15.1. The number of benzene rings is 2. The number of nitrogen functional groups attached to an aromatic ring is 2. The summed E-state index contributed by atoms with van der Waals surface area (Å²) in [6.45, 7) is 3.55. The highest BCUT2D eigenvalue weighted by atomic mass is 32.2. The van der Waals surface area contributed by atoms with Crippen LogP contribution in [-0.2, 0) is 9.84 Å². The standard InChI is InChI=1S/C18H24N2O4S/c1-11-3-5-13(19)7-15(11)17(21)9-25(23,24)10-18(22)16-8-14(20)6-4-12(16)2/h3-8,17-18,21-22H,9-10,19-20H2,1-2H3. The molecule has 0 aliphatic heterocycles. The van der Waals surface area contributed by atoms with Gasteiger partial charge < -0.3 is 21.7 Å². The lowest BCUT2D eigenvalue weighted by molar-refractivity contribution is 0.193. The van der Waals surface area contributed by atoms with Crippen molar-refractivity contribution in [2.24, 2.45) is 0 Å². The lowest BCUT2D eigenvalue weighted by Gasteiger charge is -2.18. The molecule has 2 atom stereocenters. The van der Waals surface area contributed by atoms with E-state index in [2.05, 4.69) is 0 Å². The van der Waals surface area contributed by atoms with Gasteiger partial charge in [-0.15, -0.1) is 0 Å². The zero-order chi connectivity index (χ0) is 18.8. The lowest BCUT2D eigenvalue weighted by atomic mass is 10.0. The quantitative estimate of drug-likeness (QED) is 0.577. The van der Waals surface area contributed by atoms with Crippen molar-refractivity contribution in [1.82, 2.24) is 0 Å². The monoisotopic (exact) mass is 364 g/mol. The van der Waals surface area contributed by atoms with Gasteiger partial charge in [0.2, 0.25) is 0 Å². The van der Waals surface area contributed by atoms with Crippen LogP contribution in [0.5, 0.6) is 0 Å². The molecule has 0 amide bonds. The number of hydrogen-bond acceptors (Lipinski definition) is 6. The largest absolute Gasteiger partial charge is 0.399 e. The molecule has 0 aromatic heterocycles. The molecular weight excluding hydrogens is 340 g/mol. The van der Waals surface area contributed by atoms with Gasteiger partial charge in [-0.2, -0.15) is 0 Å². The van der Waals surface area contributed by atoms with E-state index in [9.17, 15) is 18.6 Å². The predicted molar refractivity (Wildman–Crippen MR) is 99.8 cm³/mol. The van der Waals surface area contributed by atoms with E-state index in [4.69, 9.17) is 11.5 Å². The molecule has 0 aliphatic rings. The van der Waals surface area contributed by atoms with Crippen molar-refractivity contribution in [3.05, 3.63) is 58.7 Å². The van der Waals surface area contributed by atoms with Gasteiger partial charge in [-0.05, 0) is 60.4 Å². The lowest BCUT2D eigenvalue weighted by Crippen LogP contribution is -2.22. The molecule has 25 heavy (non-hydrogen) atoms. The fourth-order valence-corrected chi connectivity index (χ4v) is 4.22. The van der Waals surface area contributed by atoms with E-state index < -0.39 is 33.6 Å². The average molecular weight is 364 g/mol. The second kappa shape index (κ2) is 7.43. The molecule has 6 N–H and O–H groups in total. The molecule has 6 nitrogen and oxygen atoms in total. The second-order valence-electron chi connectivity index (χ2n) is 6.34. The molecule has 0 fully saturated rings. The van der Waals surface area contributed by atoms with Crippen LogP contribution in [-0.4, -0.2) is 30.1 Å². The summed E-state index contributed by atoms with van der Waals surface area (Å²) >= 11 is 0. The maximum absolute atomic E-state index is 12.4. The first-order chi connectivity index (χ1) is 11.6. The van der Waals surface area contributed by atoms with Gasteiger partial charge in [0.15, 0.2) is 9.84 Å². The Hall–Kier alpha value is -2.09. The van der Waals surface area contributed by atoms with Gasteiger partial charge in [-0.25, -0.2) is 8.42 Å². The molecule has 0 saturated heterocycles. The Bertz CT molecular complexity index is 800. The van der Waals surface area contributed by atoms with Gasteiger partial charge in [-0.1, -0.05) is 12.1 Å². The highest BCUT2D eigenvalue weighted by Gasteiger charge is 2.25. The zero-order valence-electron chi connectivity index (χ0n) is 14.3. The van der Waals surface area contributed by atoms with Crippen LogP contribution in [0.4, 0.5) is 11.4 Å². The van der Waals surface area contributed by atoms with E-state index in [1.54, 1.807) is 50.2 Å². The van der Waals surface area contributed by atoms with Crippen molar-refractivity contribution in [2.45, 2.75) is 26.1 Å². The molecule has 0 saturated carbocycles. The number of sulfone groups is 1. The van der Waals surface area contributed by atoms with Gasteiger partial charge in [0.1, 0.15) is 0 Å². The van der Waals surface area contributed by atoms with Crippen LogP contribution in [0.25, 0.3) is 0 Å². The van der Waals surface area contributed by atoms with Crippen molar-refractivity contribution >= 4 is 21.2 Å². The number of rotatable bonds is 6. The topological polar surface area (TPSA) is 127 Å². The van der Waals surface area contributed by atoms with Gasteiger partial charge >= 0.3 is 0 Å². The number of aryl methyl sites for hydroxylation is 2. The van der Waals surface area contributed by atoms with E-state index in [0.29, 0.717) is 22.5 Å². The Labute approximate surface area is 148 Å². The van der Waals surface area contributed by atoms with Crippen LogP contribution in [0.1, 0.15) is 34.5 Å². The van der Waals surface area contributed by atoms with Gasteiger partial charge in [0.25, 0.3) is 0 Å². The van der Waals surface area contributed by atoms with Crippen molar-refractivity contribution in [3.8, 4) is 0 Å². The number of aliphatic hydroxyl groups is 2. The molecule has 0 bridgehead atoms. The van der Waals surface area contributed by atoms with Crippen molar-refractivity contribution < 1.29 is 18.6 Å². The van der Waals surface area contributed by atoms with Crippen LogP contribution in [0, 0.1) is 13.8 Å². The summed E-state index contributed by atoms with van der Waals surface area (Å²) in [6, 6.07) is 9.96. The summed E-state index contributed by atoms with van der Waals surface area (Å²) in [5, 5.41) is 20.6. The van der Waals surface area contributed by atoms with Gasteiger partial charge in [0, 0.05) is 11.4 Å². The van der Waals surface area contributed by atoms with Crippen molar-refractivity contribution in [1.29, 1.82) is 0 Å². The van der Waals surface area contributed by atoms with Crippen molar-refractivity contribution in [2.75, 3.05) is 23.0 Å². The summed E-state index contributed by atoms with van der Waals surface area (Å²) in [6.07, 6.45) is -2.41. The average Bonchev–Trinajstić information content (AvgIpc) is 2.50. The highest BCUT2D eigenvalue weighted by Crippen LogP contribution is 2.25. The fourth-order valence-electron chi connectivity index (χ4n) is 2.76. The molecule has 2 unspecified atom stereocenters. The number of hydrogen-bond donors (Lipinski definition) is 4. The molecule has 0 spiro atoms. The minimum atomic E-state index is -3.72. The van der Waals surface area contributed by atoms with E-state index in [1.807, 2.05) is 0 Å². The van der Waals surface area contributed by atoms with E-state index in [1.165, 1.54) is 0 Å². The summed E-state index contributed by atoms with van der Waals surface area (Å²) in [5.41, 5.74) is 14.8. The van der Waals surface area contributed by atoms with E-state index in [-0.39, 0.29) is 0 Å². The molecule has 0 aliphatic carbocycles. The Balaban J connectivity index is 2.16. The first kappa shape index (κ1) is 19.2. The minimum Gasteiger partial charge on any atom is -0.399 e. The molecule has 7 heteroatoms. The molecule has 0 heterocycles. The van der Waals surface area contributed by atoms with E-state index in [0.717, 1.165) is 11.1 Å². The SMILES string of the molecule is Cc1ccc(N)cc1C(O)CS(=O)(=O)CC(O)c1cc(N)ccc1C. The fraction of sp³-hybridized carbons (Fsp3) is 0.333. The third-order valence-electron chi connectivity index (χ3n) is 4.15. The molecule has 2 aromatic carbocycles. The smallest absolute Gasteiger partial charge is 0.156 e. The maximum atomic E-state index is 12.4. The molecule has 2 rings (SSSR count). The molecule has 136 valence electrons.